The Morgan fingerprint density at radius 2 is 1.83 bits per heavy atom. The van der Waals surface area contributed by atoms with Gasteiger partial charge in [-0.3, -0.25) is 0 Å². The van der Waals surface area contributed by atoms with E-state index in [9.17, 15) is 17.2 Å². The SMILES string of the molecule is CCNCCNS(=O)(=O)c1ccc(F)c(F)c1.Cl. The highest BCUT2D eigenvalue weighted by Gasteiger charge is 2.15. The van der Waals surface area contributed by atoms with Crippen LogP contribution >= 0.6 is 12.4 Å². The second kappa shape index (κ2) is 7.63. The minimum absolute atomic E-state index is 0. The van der Waals surface area contributed by atoms with Crippen LogP contribution in [0.5, 0.6) is 0 Å². The minimum atomic E-state index is -3.78. The Labute approximate surface area is 111 Å². The van der Waals surface area contributed by atoms with E-state index in [-0.39, 0.29) is 23.8 Å². The van der Waals surface area contributed by atoms with Crippen LogP contribution in [0.1, 0.15) is 6.92 Å². The molecule has 104 valence electrons. The molecule has 0 aliphatic rings. The summed E-state index contributed by atoms with van der Waals surface area (Å²) in [6, 6.07) is 2.47. The van der Waals surface area contributed by atoms with E-state index in [0.717, 1.165) is 18.7 Å². The molecular weight excluding hydrogens is 286 g/mol. The highest BCUT2D eigenvalue weighted by molar-refractivity contribution is 7.89. The fourth-order valence-corrected chi connectivity index (χ4v) is 2.22. The molecule has 8 heteroatoms. The second-order valence-electron chi connectivity index (χ2n) is 3.33. The summed E-state index contributed by atoms with van der Waals surface area (Å²) in [7, 11) is -3.78. The Bertz CT molecular complexity index is 483. The fourth-order valence-electron chi connectivity index (χ4n) is 1.18. The zero-order valence-electron chi connectivity index (χ0n) is 9.74. The topological polar surface area (TPSA) is 58.2 Å². The molecular formula is C10H15ClF2N2O2S. The molecule has 0 saturated heterocycles. The van der Waals surface area contributed by atoms with Crippen LogP contribution in [0.15, 0.2) is 23.1 Å². The van der Waals surface area contributed by atoms with E-state index in [0.29, 0.717) is 12.6 Å². The van der Waals surface area contributed by atoms with Gasteiger partial charge < -0.3 is 5.32 Å². The molecule has 0 amide bonds. The Kier molecular flexibility index (Phi) is 7.30. The first-order valence-corrected chi connectivity index (χ1v) is 6.61. The summed E-state index contributed by atoms with van der Waals surface area (Å²) in [6.07, 6.45) is 0. The molecule has 18 heavy (non-hydrogen) atoms. The normalized spacial score (nSPS) is 11.1. The predicted molar refractivity (Wildman–Crippen MR) is 67.3 cm³/mol. The van der Waals surface area contributed by atoms with Gasteiger partial charge in [0.25, 0.3) is 0 Å². The highest BCUT2D eigenvalue weighted by Crippen LogP contribution is 2.13. The molecule has 0 atom stereocenters. The quantitative estimate of drug-likeness (QED) is 0.778. The Morgan fingerprint density at radius 3 is 2.39 bits per heavy atom. The van der Waals surface area contributed by atoms with Gasteiger partial charge in [-0.05, 0) is 24.7 Å². The smallest absolute Gasteiger partial charge is 0.240 e. The number of likely N-dealkylation sites (N-methyl/N-ethyl adjacent to an activating group) is 1. The summed E-state index contributed by atoms with van der Waals surface area (Å²) in [6.45, 7) is 3.28. The van der Waals surface area contributed by atoms with Crippen molar-refractivity contribution in [2.45, 2.75) is 11.8 Å². The molecule has 0 saturated carbocycles. The van der Waals surface area contributed by atoms with Crippen molar-refractivity contribution in [1.29, 1.82) is 0 Å². The van der Waals surface area contributed by atoms with Crippen molar-refractivity contribution < 1.29 is 17.2 Å². The average molecular weight is 301 g/mol. The number of hydrogen-bond acceptors (Lipinski definition) is 3. The molecule has 0 spiro atoms. The van der Waals surface area contributed by atoms with Crippen molar-refractivity contribution in [3.8, 4) is 0 Å². The van der Waals surface area contributed by atoms with Gasteiger partial charge in [-0.2, -0.15) is 0 Å². The van der Waals surface area contributed by atoms with Gasteiger partial charge in [0.15, 0.2) is 11.6 Å². The first kappa shape index (κ1) is 17.2. The van der Waals surface area contributed by atoms with Gasteiger partial charge in [0.1, 0.15) is 0 Å². The third-order valence-corrected chi connectivity index (χ3v) is 3.50. The van der Waals surface area contributed by atoms with E-state index < -0.39 is 21.7 Å². The fraction of sp³-hybridized carbons (Fsp3) is 0.400. The Hall–Kier alpha value is -0.760. The van der Waals surface area contributed by atoms with E-state index in [4.69, 9.17) is 0 Å². The van der Waals surface area contributed by atoms with Gasteiger partial charge in [0, 0.05) is 13.1 Å². The van der Waals surface area contributed by atoms with Crippen LogP contribution in [-0.4, -0.2) is 28.1 Å². The molecule has 4 nitrogen and oxygen atoms in total. The largest absolute Gasteiger partial charge is 0.316 e. The third-order valence-electron chi connectivity index (χ3n) is 2.05. The van der Waals surface area contributed by atoms with Gasteiger partial charge in [-0.25, -0.2) is 21.9 Å². The maximum Gasteiger partial charge on any atom is 0.240 e. The Balaban J connectivity index is 0.00000289. The summed E-state index contributed by atoms with van der Waals surface area (Å²) in [5.41, 5.74) is 0. The van der Waals surface area contributed by atoms with Crippen molar-refractivity contribution in [2.24, 2.45) is 0 Å². The van der Waals surface area contributed by atoms with Crippen LogP contribution in [0.4, 0.5) is 8.78 Å². The van der Waals surface area contributed by atoms with Crippen LogP contribution in [0, 0.1) is 11.6 Å². The molecule has 0 unspecified atom stereocenters. The molecule has 0 aliphatic carbocycles. The van der Waals surface area contributed by atoms with Gasteiger partial charge >= 0.3 is 0 Å². The van der Waals surface area contributed by atoms with Crippen LogP contribution in [0.2, 0.25) is 0 Å². The molecule has 0 aromatic heterocycles. The number of benzene rings is 1. The monoisotopic (exact) mass is 300 g/mol. The summed E-state index contributed by atoms with van der Waals surface area (Å²) in [5, 5.41) is 2.93. The summed E-state index contributed by atoms with van der Waals surface area (Å²) < 4.78 is 51.1. The van der Waals surface area contributed by atoms with Crippen LogP contribution in [-0.2, 0) is 10.0 Å². The summed E-state index contributed by atoms with van der Waals surface area (Å²) in [5.74, 6) is -2.25. The minimum Gasteiger partial charge on any atom is -0.316 e. The molecule has 2 N–H and O–H groups in total. The number of hydrogen-bond donors (Lipinski definition) is 2. The van der Waals surface area contributed by atoms with E-state index in [1.165, 1.54) is 0 Å². The average Bonchev–Trinajstić information content (AvgIpc) is 2.28. The molecule has 0 bridgehead atoms. The number of nitrogens with one attached hydrogen (secondary N) is 2. The van der Waals surface area contributed by atoms with E-state index in [1.807, 2.05) is 6.92 Å². The lowest BCUT2D eigenvalue weighted by molar-refractivity contribution is 0.504. The van der Waals surface area contributed by atoms with Gasteiger partial charge in [-0.15, -0.1) is 12.4 Å². The lowest BCUT2D eigenvalue weighted by Gasteiger charge is -2.07. The van der Waals surface area contributed by atoms with Gasteiger partial charge in [0.05, 0.1) is 4.90 Å². The molecule has 1 rings (SSSR count). The van der Waals surface area contributed by atoms with Crippen molar-refractivity contribution in [2.75, 3.05) is 19.6 Å². The molecule has 1 aromatic carbocycles. The zero-order chi connectivity index (χ0) is 12.9. The van der Waals surface area contributed by atoms with Crippen molar-refractivity contribution in [3.05, 3.63) is 29.8 Å². The number of sulfonamides is 1. The van der Waals surface area contributed by atoms with Crippen LogP contribution in [0.25, 0.3) is 0 Å². The molecule has 0 fully saturated rings. The van der Waals surface area contributed by atoms with Crippen LogP contribution in [0.3, 0.4) is 0 Å². The maximum absolute atomic E-state index is 12.9. The van der Waals surface area contributed by atoms with Crippen LogP contribution < -0.4 is 10.0 Å². The summed E-state index contributed by atoms with van der Waals surface area (Å²) >= 11 is 0. The van der Waals surface area contributed by atoms with E-state index in [2.05, 4.69) is 10.0 Å². The zero-order valence-corrected chi connectivity index (χ0v) is 11.4. The predicted octanol–water partition coefficient (Wildman–Crippen LogP) is 1.27. The molecule has 0 aliphatic heterocycles. The standard InChI is InChI=1S/C10H14F2N2O2S.ClH/c1-2-13-5-6-14-17(15,16)8-3-4-9(11)10(12)7-8;/h3-4,7,13-14H,2,5-6H2,1H3;1H. The molecule has 0 radical (unpaired) electrons. The molecule has 0 heterocycles. The van der Waals surface area contributed by atoms with Gasteiger partial charge in [0.2, 0.25) is 10.0 Å². The number of rotatable bonds is 6. The third kappa shape index (κ3) is 4.85. The second-order valence-corrected chi connectivity index (χ2v) is 5.09. The highest BCUT2D eigenvalue weighted by atomic mass is 35.5. The van der Waals surface area contributed by atoms with Gasteiger partial charge in [-0.1, -0.05) is 6.92 Å². The Morgan fingerprint density at radius 1 is 1.17 bits per heavy atom. The van der Waals surface area contributed by atoms with Crippen molar-refractivity contribution >= 4 is 22.4 Å². The first-order valence-electron chi connectivity index (χ1n) is 5.13. The lowest BCUT2D eigenvalue weighted by atomic mass is 10.3. The summed E-state index contributed by atoms with van der Waals surface area (Å²) in [4.78, 5) is -0.284. The van der Waals surface area contributed by atoms with E-state index in [1.54, 1.807) is 0 Å². The van der Waals surface area contributed by atoms with Crippen molar-refractivity contribution in [3.63, 3.8) is 0 Å². The number of halogens is 3. The molecule has 1 aromatic rings. The van der Waals surface area contributed by atoms with E-state index >= 15 is 0 Å². The van der Waals surface area contributed by atoms with Crippen molar-refractivity contribution in [1.82, 2.24) is 10.0 Å². The first-order chi connectivity index (χ1) is 7.97. The maximum atomic E-state index is 12.9. The lowest BCUT2D eigenvalue weighted by Crippen LogP contribution is -2.31.